The molecule has 30 heavy (non-hydrogen) atoms. The second kappa shape index (κ2) is 9.55. The minimum Gasteiger partial charge on any atom is -0.272 e. The van der Waals surface area contributed by atoms with Crippen LogP contribution in [0.5, 0.6) is 0 Å². The van der Waals surface area contributed by atoms with Gasteiger partial charge in [-0.1, -0.05) is 54.6 Å². The van der Waals surface area contributed by atoms with E-state index >= 15 is 0 Å². The lowest BCUT2D eigenvalue weighted by Crippen LogP contribution is -2.08. The predicted molar refractivity (Wildman–Crippen MR) is 115 cm³/mol. The molecule has 10 heteroatoms. The van der Waals surface area contributed by atoms with Gasteiger partial charge >= 0.3 is 0 Å². The van der Waals surface area contributed by atoms with E-state index in [1.807, 2.05) is 6.07 Å². The molecule has 0 aliphatic heterocycles. The molecule has 3 aromatic carbocycles. The van der Waals surface area contributed by atoms with Gasteiger partial charge in [0.25, 0.3) is 11.4 Å². The van der Waals surface area contributed by atoms with E-state index in [4.69, 9.17) is 0 Å². The third-order valence-corrected chi connectivity index (χ3v) is 3.94. The summed E-state index contributed by atoms with van der Waals surface area (Å²) in [5, 5.41) is 30.6. The number of nitro groups is 2. The zero-order chi connectivity index (χ0) is 21.3. The molecule has 0 saturated heterocycles. The average Bonchev–Trinajstić information content (AvgIpc) is 2.77. The largest absolute Gasteiger partial charge is 0.294 e. The number of para-hydroxylation sites is 4. The number of nitro benzene ring substituents is 2. The lowest BCUT2D eigenvalue weighted by atomic mass is 10.1. The smallest absolute Gasteiger partial charge is 0.272 e. The number of nitrogens with zero attached hydrogens (tertiary/aromatic N) is 4. The highest BCUT2D eigenvalue weighted by Crippen LogP contribution is 2.24. The van der Waals surface area contributed by atoms with Crippen LogP contribution in [0.2, 0.25) is 0 Å². The summed E-state index contributed by atoms with van der Waals surface area (Å²) in [4.78, 5) is 21.3. The van der Waals surface area contributed by atoms with Crippen LogP contribution < -0.4 is 10.9 Å². The molecule has 0 radical (unpaired) electrons. The molecule has 0 aliphatic rings. The Morgan fingerprint density at radius 3 is 1.80 bits per heavy atom. The number of hydrogen-bond donors (Lipinski definition) is 2. The molecule has 0 aromatic heterocycles. The van der Waals surface area contributed by atoms with Crippen LogP contribution in [0.4, 0.5) is 22.7 Å². The number of anilines is 2. The van der Waals surface area contributed by atoms with E-state index in [1.54, 1.807) is 48.5 Å². The van der Waals surface area contributed by atoms with Gasteiger partial charge < -0.3 is 0 Å². The van der Waals surface area contributed by atoms with Gasteiger partial charge in [-0.3, -0.25) is 31.1 Å². The number of rotatable bonds is 8. The monoisotopic (exact) mass is 404 g/mol. The van der Waals surface area contributed by atoms with Gasteiger partial charge in [0.2, 0.25) is 0 Å². The van der Waals surface area contributed by atoms with Crippen molar-refractivity contribution in [1.82, 2.24) is 0 Å². The van der Waals surface area contributed by atoms with Crippen molar-refractivity contribution in [3.8, 4) is 0 Å². The first kappa shape index (κ1) is 20.1. The van der Waals surface area contributed by atoms with Gasteiger partial charge in [-0.05, 0) is 12.1 Å². The van der Waals surface area contributed by atoms with Crippen molar-refractivity contribution in [3.63, 3.8) is 0 Å². The third kappa shape index (κ3) is 5.01. The quantitative estimate of drug-likeness (QED) is 0.324. The normalized spacial score (nSPS) is 11.3. The Labute approximate surface area is 170 Å². The van der Waals surface area contributed by atoms with E-state index in [0.717, 1.165) is 0 Å². The lowest BCUT2D eigenvalue weighted by Gasteiger charge is -2.05. The second-order valence-corrected chi connectivity index (χ2v) is 5.89. The van der Waals surface area contributed by atoms with Crippen LogP contribution in [0.25, 0.3) is 0 Å². The van der Waals surface area contributed by atoms with Crippen LogP contribution in [0.1, 0.15) is 5.56 Å². The lowest BCUT2D eigenvalue weighted by molar-refractivity contribution is -0.384. The SMILES string of the molecule is O=[N+]([O-])c1ccccc1N/N=C/C(=N/Nc1ccccc1[N+](=O)[O-])c1ccccc1. The van der Waals surface area contributed by atoms with Gasteiger partial charge in [-0.2, -0.15) is 10.2 Å². The Kier molecular flexibility index (Phi) is 6.41. The molecule has 0 saturated carbocycles. The highest BCUT2D eigenvalue weighted by atomic mass is 16.6. The first-order valence-electron chi connectivity index (χ1n) is 8.71. The summed E-state index contributed by atoms with van der Waals surface area (Å²) in [6.45, 7) is 0. The minimum absolute atomic E-state index is 0.120. The van der Waals surface area contributed by atoms with Crippen LogP contribution in [0.15, 0.2) is 89.1 Å². The fourth-order valence-corrected chi connectivity index (χ4v) is 2.52. The van der Waals surface area contributed by atoms with Crippen molar-refractivity contribution < 1.29 is 9.85 Å². The Balaban J connectivity index is 1.88. The molecule has 0 bridgehead atoms. The van der Waals surface area contributed by atoms with Crippen LogP contribution >= 0.6 is 0 Å². The highest BCUT2D eigenvalue weighted by Gasteiger charge is 2.13. The maximum absolute atomic E-state index is 11.2. The van der Waals surface area contributed by atoms with Gasteiger partial charge in [0.05, 0.1) is 16.1 Å². The number of hydrogen-bond acceptors (Lipinski definition) is 8. The molecule has 3 rings (SSSR count). The molecule has 150 valence electrons. The summed E-state index contributed by atoms with van der Waals surface area (Å²) >= 11 is 0. The Morgan fingerprint density at radius 1 is 0.733 bits per heavy atom. The fourth-order valence-electron chi connectivity index (χ4n) is 2.52. The molecule has 0 fully saturated rings. The zero-order valence-electron chi connectivity index (χ0n) is 15.5. The highest BCUT2D eigenvalue weighted by molar-refractivity contribution is 6.38. The molecular formula is C20H16N6O4. The molecule has 0 heterocycles. The van der Waals surface area contributed by atoms with Crippen molar-refractivity contribution in [2.24, 2.45) is 10.2 Å². The minimum atomic E-state index is -0.514. The van der Waals surface area contributed by atoms with E-state index in [-0.39, 0.29) is 22.7 Å². The summed E-state index contributed by atoms with van der Waals surface area (Å²) in [5.74, 6) is 0. The molecule has 0 spiro atoms. The standard InChI is InChI=1S/C20H16N6O4/c27-25(28)19-12-6-4-10-16(19)22-21-14-18(15-8-2-1-3-9-15)24-23-17-11-5-7-13-20(17)26(29)30/h1-14,22-23H/b21-14+,24-18-. The van der Waals surface area contributed by atoms with Gasteiger partial charge in [-0.25, -0.2) is 0 Å². The maximum atomic E-state index is 11.2. The second-order valence-electron chi connectivity index (χ2n) is 5.89. The Hall–Kier alpha value is -4.60. The third-order valence-electron chi connectivity index (χ3n) is 3.94. The molecule has 0 unspecified atom stereocenters. The van der Waals surface area contributed by atoms with Crippen molar-refractivity contribution in [3.05, 3.63) is 105 Å². The predicted octanol–water partition coefficient (Wildman–Crippen LogP) is 4.42. The molecular weight excluding hydrogens is 388 g/mol. The molecule has 0 amide bonds. The van der Waals surface area contributed by atoms with Gasteiger partial charge in [-0.15, -0.1) is 0 Å². The van der Waals surface area contributed by atoms with Crippen molar-refractivity contribution in [1.29, 1.82) is 0 Å². The van der Waals surface area contributed by atoms with E-state index in [9.17, 15) is 20.2 Å². The van der Waals surface area contributed by atoms with Crippen LogP contribution in [0, 0.1) is 20.2 Å². The van der Waals surface area contributed by atoms with E-state index in [1.165, 1.54) is 30.5 Å². The van der Waals surface area contributed by atoms with E-state index < -0.39 is 9.85 Å². The summed E-state index contributed by atoms with van der Waals surface area (Å²) in [7, 11) is 0. The van der Waals surface area contributed by atoms with Crippen molar-refractivity contribution in [2.75, 3.05) is 10.9 Å². The van der Waals surface area contributed by atoms with Crippen LogP contribution in [0.3, 0.4) is 0 Å². The van der Waals surface area contributed by atoms with Crippen LogP contribution in [-0.2, 0) is 0 Å². The van der Waals surface area contributed by atoms with Gasteiger partial charge in [0.1, 0.15) is 17.1 Å². The summed E-state index contributed by atoms with van der Waals surface area (Å²) in [6.07, 6.45) is 1.37. The Morgan fingerprint density at radius 2 is 1.23 bits per heavy atom. The van der Waals surface area contributed by atoms with Crippen molar-refractivity contribution in [2.45, 2.75) is 0 Å². The fraction of sp³-hybridized carbons (Fsp3) is 0. The maximum Gasteiger partial charge on any atom is 0.294 e. The molecule has 0 atom stereocenters. The molecule has 10 nitrogen and oxygen atoms in total. The van der Waals surface area contributed by atoms with Gasteiger partial charge in [0.15, 0.2) is 0 Å². The zero-order valence-corrected chi connectivity index (χ0v) is 15.5. The number of benzene rings is 3. The van der Waals surface area contributed by atoms with E-state index in [0.29, 0.717) is 11.3 Å². The van der Waals surface area contributed by atoms with Gasteiger partial charge in [0, 0.05) is 17.7 Å². The van der Waals surface area contributed by atoms with Crippen LogP contribution in [-0.4, -0.2) is 21.8 Å². The average molecular weight is 404 g/mol. The summed E-state index contributed by atoms with van der Waals surface area (Å²) < 4.78 is 0. The van der Waals surface area contributed by atoms with Crippen molar-refractivity contribution >= 4 is 34.7 Å². The first-order chi connectivity index (χ1) is 14.6. The molecule has 3 aromatic rings. The van der Waals surface area contributed by atoms with E-state index in [2.05, 4.69) is 21.1 Å². The number of nitrogens with one attached hydrogen (secondary N) is 2. The summed E-state index contributed by atoms with van der Waals surface area (Å²) in [5.41, 5.74) is 6.57. The topological polar surface area (TPSA) is 135 Å². The number of hydrazone groups is 2. The molecule has 0 aliphatic carbocycles. The Bertz CT molecular complexity index is 1120. The first-order valence-corrected chi connectivity index (χ1v) is 8.71. The molecule has 2 N–H and O–H groups in total. The summed E-state index contributed by atoms with van der Waals surface area (Å²) in [6, 6.07) is 21.2.